The van der Waals surface area contributed by atoms with Gasteiger partial charge in [-0.2, -0.15) is 0 Å². The van der Waals surface area contributed by atoms with Crippen molar-refractivity contribution in [1.82, 2.24) is 0 Å². The summed E-state index contributed by atoms with van der Waals surface area (Å²) in [6.07, 6.45) is 5.92. The van der Waals surface area contributed by atoms with E-state index in [-0.39, 0.29) is 16.9 Å². The number of benzene rings is 1. The summed E-state index contributed by atoms with van der Waals surface area (Å²) < 4.78 is 0. The highest BCUT2D eigenvalue weighted by atomic mass is 16.3. The molecule has 0 saturated heterocycles. The molecule has 1 aliphatic rings. The fourth-order valence-electron chi connectivity index (χ4n) is 2.62. The number of para-hydroxylation sites is 1. The summed E-state index contributed by atoms with van der Waals surface area (Å²) in [5, 5.41) is 19.4. The fourth-order valence-corrected chi connectivity index (χ4v) is 2.62. The summed E-state index contributed by atoms with van der Waals surface area (Å²) in [5.41, 5.74) is 0.948. The van der Waals surface area contributed by atoms with Gasteiger partial charge in [-0.1, -0.05) is 38.3 Å². The number of aromatic hydroxyl groups is 2. The van der Waals surface area contributed by atoms with Gasteiger partial charge in [0, 0.05) is 5.56 Å². The van der Waals surface area contributed by atoms with Crippen LogP contribution in [0.1, 0.15) is 44.6 Å². The molecule has 1 saturated carbocycles. The van der Waals surface area contributed by atoms with Crippen molar-refractivity contribution < 1.29 is 10.2 Å². The topological polar surface area (TPSA) is 40.5 Å². The summed E-state index contributed by atoms with van der Waals surface area (Å²) in [7, 11) is 0. The van der Waals surface area contributed by atoms with Crippen LogP contribution in [0.25, 0.3) is 0 Å². The number of hydrogen-bond acceptors (Lipinski definition) is 2. The summed E-state index contributed by atoms with van der Waals surface area (Å²) in [6, 6.07) is 5.27. The quantitative estimate of drug-likeness (QED) is 0.692. The van der Waals surface area contributed by atoms with E-state index in [1.165, 1.54) is 25.3 Å². The highest BCUT2D eigenvalue weighted by Crippen LogP contribution is 2.44. The van der Waals surface area contributed by atoms with Gasteiger partial charge < -0.3 is 10.2 Å². The zero-order valence-electron chi connectivity index (χ0n) is 9.16. The molecule has 0 heterocycles. The van der Waals surface area contributed by atoms with E-state index < -0.39 is 0 Å². The first-order valence-corrected chi connectivity index (χ1v) is 5.65. The Morgan fingerprint density at radius 2 is 1.73 bits per heavy atom. The van der Waals surface area contributed by atoms with E-state index in [0.717, 1.165) is 18.4 Å². The van der Waals surface area contributed by atoms with Crippen LogP contribution in [0.15, 0.2) is 18.2 Å². The molecule has 1 aliphatic carbocycles. The molecular weight excluding hydrogens is 188 g/mol. The Morgan fingerprint density at radius 1 is 1.07 bits per heavy atom. The molecule has 0 radical (unpaired) electrons. The second kappa shape index (κ2) is 3.76. The third-order valence-corrected chi connectivity index (χ3v) is 3.62. The van der Waals surface area contributed by atoms with Crippen molar-refractivity contribution >= 4 is 0 Å². The van der Waals surface area contributed by atoms with Crippen LogP contribution < -0.4 is 0 Å². The number of phenolic OH excluding ortho intramolecular Hbond substituents is 2. The average Bonchev–Trinajstić information content (AvgIpc) is 2.23. The van der Waals surface area contributed by atoms with Crippen LogP contribution >= 0.6 is 0 Å². The maximum Gasteiger partial charge on any atom is 0.161 e. The number of hydrogen-bond donors (Lipinski definition) is 2. The molecule has 15 heavy (non-hydrogen) atoms. The molecule has 0 unspecified atom stereocenters. The van der Waals surface area contributed by atoms with E-state index in [9.17, 15) is 10.2 Å². The lowest BCUT2D eigenvalue weighted by Gasteiger charge is -2.34. The monoisotopic (exact) mass is 206 g/mol. The molecule has 1 aromatic rings. The van der Waals surface area contributed by atoms with Crippen molar-refractivity contribution in [3.05, 3.63) is 23.8 Å². The minimum absolute atomic E-state index is 0.000650. The Labute approximate surface area is 90.6 Å². The molecule has 2 heteroatoms. The summed E-state index contributed by atoms with van der Waals surface area (Å²) in [6.45, 7) is 2.18. The Balaban J connectivity index is 2.39. The van der Waals surface area contributed by atoms with E-state index in [0.29, 0.717) is 0 Å². The first-order valence-electron chi connectivity index (χ1n) is 5.65. The standard InChI is InChI=1S/C13H18O2/c1-13(8-3-2-4-9-13)10-6-5-7-11(14)12(10)15/h5-7,14-15H,2-4,8-9H2,1H3. The maximum atomic E-state index is 9.87. The Kier molecular flexibility index (Phi) is 2.59. The lowest BCUT2D eigenvalue weighted by molar-refractivity contribution is 0.303. The Morgan fingerprint density at radius 3 is 2.40 bits per heavy atom. The zero-order valence-corrected chi connectivity index (χ0v) is 9.16. The molecule has 1 fully saturated rings. The molecule has 0 aliphatic heterocycles. The first-order chi connectivity index (χ1) is 7.13. The van der Waals surface area contributed by atoms with E-state index >= 15 is 0 Å². The number of rotatable bonds is 1. The third-order valence-electron chi connectivity index (χ3n) is 3.62. The Hall–Kier alpha value is -1.18. The van der Waals surface area contributed by atoms with Crippen LogP contribution in [-0.4, -0.2) is 10.2 Å². The zero-order chi connectivity index (χ0) is 10.9. The van der Waals surface area contributed by atoms with Gasteiger partial charge >= 0.3 is 0 Å². The predicted molar refractivity (Wildman–Crippen MR) is 60.2 cm³/mol. The van der Waals surface area contributed by atoms with E-state index in [4.69, 9.17) is 0 Å². The van der Waals surface area contributed by atoms with Gasteiger partial charge in [0.05, 0.1) is 0 Å². The van der Waals surface area contributed by atoms with Crippen molar-refractivity contribution in [2.75, 3.05) is 0 Å². The third kappa shape index (κ3) is 1.81. The largest absolute Gasteiger partial charge is 0.504 e. The van der Waals surface area contributed by atoms with Gasteiger partial charge in [-0.3, -0.25) is 0 Å². The smallest absolute Gasteiger partial charge is 0.161 e. The lowest BCUT2D eigenvalue weighted by atomic mass is 9.70. The van der Waals surface area contributed by atoms with Gasteiger partial charge in [-0.15, -0.1) is 0 Å². The molecule has 0 amide bonds. The molecule has 0 bridgehead atoms. The van der Waals surface area contributed by atoms with Gasteiger partial charge in [0.25, 0.3) is 0 Å². The number of phenols is 2. The van der Waals surface area contributed by atoms with E-state index in [1.807, 2.05) is 12.1 Å². The summed E-state index contributed by atoms with van der Waals surface area (Å²) >= 11 is 0. The van der Waals surface area contributed by atoms with E-state index in [2.05, 4.69) is 6.92 Å². The van der Waals surface area contributed by atoms with Crippen molar-refractivity contribution in [2.24, 2.45) is 0 Å². The molecule has 2 N–H and O–H groups in total. The van der Waals surface area contributed by atoms with Crippen LogP contribution in [0.4, 0.5) is 0 Å². The van der Waals surface area contributed by atoms with Gasteiger partial charge in [0.2, 0.25) is 0 Å². The SMILES string of the molecule is CC1(c2cccc(O)c2O)CCCCC1. The fraction of sp³-hybridized carbons (Fsp3) is 0.538. The normalized spacial score (nSPS) is 20.1. The molecule has 0 aromatic heterocycles. The predicted octanol–water partition coefficient (Wildman–Crippen LogP) is 3.32. The minimum Gasteiger partial charge on any atom is -0.504 e. The molecular formula is C13H18O2. The Bertz CT molecular complexity index is 352. The molecule has 82 valence electrons. The van der Waals surface area contributed by atoms with Gasteiger partial charge in [-0.25, -0.2) is 0 Å². The van der Waals surface area contributed by atoms with Gasteiger partial charge in [0.15, 0.2) is 11.5 Å². The van der Waals surface area contributed by atoms with Crippen LogP contribution in [0.5, 0.6) is 11.5 Å². The van der Waals surface area contributed by atoms with Crippen molar-refractivity contribution in [1.29, 1.82) is 0 Å². The van der Waals surface area contributed by atoms with E-state index in [1.54, 1.807) is 0 Å². The molecule has 0 atom stereocenters. The summed E-state index contributed by atoms with van der Waals surface area (Å²) in [4.78, 5) is 0. The van der Waals surface area contributed by atoms with Crippen molar-refractivity contribution in [3.8, 4) is 11.5 Å². The highest BCUT2D eigenvalue weighted by molar-refractivity contribution is 5.48. The molecule has 0 spiro atoms. The lowest BCUT2D eigenvalue weighted by Crippen LogP contribution is -2.25. The van der Waals surface area contributed by atoms with Crippen molar-refractivity contribution in [2.45, 2.75) is 44.4 Å². The first kappa shape index (κ1) is 10.3. The van der Waals surface area contributed by atoms with Gasteiger partial charge in [-0.05, 0) is 24.3 Å². The minimum atomic E-state index is -0.000650. The van der Waals surface area contributed by atoms with Crippen molar-refractivity contribution in [3.63, 3.8) is 0 Å². The van der Waals surface area contributed by atoms with Gasteiger partial charge in [0.1, 0.15) is 0 Å². The van der Waals surface area contributed by atoms with Crippen LogP contribution in [0.2, 0.25) is 0 Å². The van der Waals surface area contributed by atoms with Crippen LogP contribution in [-0.2, 0) is 5.41 Å². The van der Waals surface area contributed by atoms with Crippen LogP contribution in [0.3, 0.4) is 0 Å². The highest BCUT2D eigenvalue weighted by Gasteiger charge is 2.31. The second-order valence-electron chi connectivity index (χ2n) is 4.79. The molecule has 1 aromatic carbocycles. The second-order valence-corrected chi connectivity index (χ2v) is 4.79. The molecule has 2 nitrogen and oxygen atoms in total. The maximum absolute atomic E-state index is 9.87. The average molecular weight is 206 g/mol. The summed E-state index contributed by atoms with van der Waals surface area (Å²) in [5.74, 6) is 0.0706. The molecule has 2 rings (SSSR count). The van der Waals surface area contributed by atoms with Crippen LogP contribution in [0, 0.1) is 0 Å².